The Labute approximate surface area is 254 Å². The van der Waals surface area contributed by atoms with E-state index in [1.807, 2.05) is 78.2 Å². The number of methoxy groups -OCH3 is 1. The number of hydrogen-bond donors (Lipinski definition) is 3. The lowest BCUT2D eigenvalue weighted by Gasteiger charge is -2.14. The number of nitrogens with zero attached hydrogens (tertiary/aromatic N) is 4. The molecule has 0 saturated carbocycles. The number of rotatable bonds is 8. The van der Waals surface area contributed by atoms with Gasteiger partial charge in [0.2, 0.25) is 5.91 Å². The fourth-order valence-electron chi connectivity index (χ4n) is 5.40. The number of fused-ring (bicyclic) bond motifs is 4. The molecule has 1 aliphatic rings. The van der Waals surface area contributed by atoms with Gasteiger partial charge in [-0.3, -0.25) is 14.4 Å². The molecule has 2 heterocycles. The number of aromatic nitrogens is 3. The standard InChI is InChI=1S/C32H29BClN5O4/c1-19-37-38-32-28(18-30(40)35-14-13-20-3-4-21-5-8-24(33(41)42)16-23(21)15-20)36-31(22-6-9-25(34)10-7-22)27-17-26(43-2)11-12-29(27)39(19)32/h3-12,15-17,28,41-42H,13-14,18H2,1-2H3,(H,35,40). The van der Waals surface area contributed by atoms with Gasteiger partial charge < -0.3 is 20.1 Å². The van der Waals surface area contributed by atoms with Gasteiger partial charge in [-0.15, -0.1) is 10.2 Å². The normalized spacial score (nSPS) is 14.0. The van der Waals surface area contributed by atoms with Crippen LogP contribution in [0.1, 0.15) is 40.8 Å². The van der Waals surface area contributed by atoms with Crippen molar-refractivity contribution in [1.82, 2.24) is 20.1 Å². The number of halogens is 1. The molecule has 216 valence electrons. The van der Waals surface area contributed by atoms with E-state index in [0.717, 1.165) is 33.2 Å². The molecule has 1 atom stereocenters. The second-order valence-electron chi connectivity index (χ2n) is 10.4. The first-order valence-corrected chi connectivity index (χ1v) is 14.3. The van der Waals surface area contributed by atoms with Crippen molar-refractivity contribution in [1.29, 1.82) is 0 Å². The van der Waals surface area contributed by atoms with Gasteiger partial charge in [-0.25, -0.2) is 0 Å². The average molecular weight is 594 g/mol. The minimum absolute atomic E-state index is 0.0792. The van der Waals surface area contributed by atoms with E-state index in [-0.39, 0.29) is 12.3 Å². The minimum Gasteiger partial charge on any atom is -0.497 e. The Morgan fingerprint density at radius 1 is 1.00 bits per heavy atom. The molecule has 5 aromatic rings. The molecule has 0 fully saturated rings. The van der Waals surface area contributed by atoms with Crippen molar-refractivity contribution in [2.24, 2.45) is 4.99 Å². The van der Waals surface area contributed by atoms with Crippen LogP contribution in [-0.4, -0.2) is 57.2 Å². The monoisotopic (exact) mass is 593 g/mol. The van der Waals surface area contributed by atoms with Gasteiger partial charge in [0.1, 0.15) is 17.6 Å². The molecule has 4 aromatic carbocycles. The van der Waals surface area contributed by atoms with Crippen molar-refractivity contribution in [3.63, 3.8) is 0 Å². The van der Waals surface area contributed by atoms with Crippen LogP contribution >= 0.6 is 11.6 Å². The highest BCUT2D eigenvalue weighted by atomic mass is 35.5. The smallest absolute Gasteiger partial charge is 0.488 e. The van der Waals surface area contributed by atoms with E-state index in [4.69, 9.17) is 21.3 Å². The summed E-state index contributed by atoms with van der Waals surface area (Å²) in [5.74, 6) is 1.79. The van der Waals surface area contributed by atoms with Crippen LogP contribution in [0.15, 0.2) is 83.9 Å². The SMILES string of the molecule is COc1ccc2c(c1)C(c1ccc(Cl)cc1)=NC(CC(=O)NCCc1ccc3ccc(B(O)O)cc3c1)c1nnc(C)n1-2. The molecule has 1 unspecified atom stereocenters. The molecular weight excluding hydrogens is 565 g/mol. The fourth-order valence-corrected chi connectivity index (χ4v) is 5.53. The van der Waals surface area contributed by atoms with E-state index < -0.39 is 13.2 Å². The molecule has 0 bridgehead atoms. The van der Waals surface area contributed by atoms with Gasteiger partial charge in [0, 0.05) is 22.7 Å². The molecule has 0 spiro atoms. The molecule has 3 N–H and O–H groups in total. The number of benzene rings is 4. The van der Waals surface area contributed by atoms with Gasteiger partial charge in [0.05, 0.1) is 24.9 Å². The number of ether oxygens (including phenoxy) is 1. The maximum absolute atomic E-state index is 13.3. The Bertz CT molecular complexity index is 1860. The summed E-state index contributed by atoms with van der Waals surface area (Å²) in [6.07, 6.45) is 0.688. The van der Waals surface area contributed by atoms with Crippen LogP contribution in [0.2, 0.25) is 5.02 Å². The van der Waals surface area contributed by atoms with E-state index in [2.05, 4.69) is 15.5 Å². The first-order valence-electron chi connectivity index (χ1n) is 13.9. The number of nitrogens with one attached hydrogen (secondary N) is 1. The Kier molecular flexibility index (Phi) is 7.99. The number of hydrogen-bond acceptors (Lipinski definition) is 7. The molecule has 6 rings (SSSR count). The zero-order valence-electron chi connectivity index (χ0n) is 23.7. The van der Waals surface area contributed by atoms with Crippen LogP contribution in [-0.2, 0) is 11.2 Å². The quantitative estimate of drug-likeness (QED) is 0.236. The second-order valence-corrected chi connectivity index (χ2v) is 10.9. The Morgan fingerprint density at radius 2 is 1.79 bits per heavy atom. The summed E-state index contributed by atoms with van der Waals surface area (Å²) in [6, 6.07) is 23.9. The van der Waals surface area contributed by atoms with Crippen LogP contribution in [0.5, 0.6) is 5.75 Å². The van der Waals surface area contributed by atoms with Crippen molar-refractivity contribution in [2.75, 3.05) is 13.7 Å². The number of aryl methyl sites for hydroxylation is 1. The lowest BCUT2D eigenvalue weighted by molar-refractivity contribution is -0.121. The van der Waals surface area contributed by atoms with Gasteiger partial charge in [0.15, 0.2) is 5.82 Å². The van der Waals surface area contributed by atoms with Crippen LogP contribution < -0.4 is 15.5 Å². The summed E-state index contributed by atoms with van der Waals surface area (Å²) in [5.41, 5.74) is 4.70. The highest BCUT2D eigenvalue weighted by molar-refractivity contribution is 6.58. The van der Waals surface area contributed by atoms with Crippen molar-refractivity contribution in [2.45, 2.75) is 25.8 Å². The molecule has 1 aliphatic heterocycles. The maximum Gasteiger partial charge on any atom is 0.488 e. The highest BCUT2D eigenvalue weighted by Crippen LogP contribution is 2.34. The zero-order valence-corrected chi connectivity index (χ0v) is 24.4. The molecular formula is C32H29BClN5O4. The maximum atomic E-state index is 13.3. The number of amides is 1. The van der Waals surface area contributed by atoms with Gasteiger partial charge >= 0.3 is 7.12 Å². The first-order chi connectivity index (χ1) is 20.8. The lowest BCUT2D eigenvalue weighted by Crippen LogP contribution is -2.29. The fraction of sp³-hybridized carbons (Fsp3) is 0.188. The summed E-state index contributed by atoms with van der Waals surface area (Å²) < 4.78 is 7.48. The lowest BCUT2D eigenvalue weighted by atomic mass is 9.79. The molecule has 9 nitrogen and oxygen atoms in total. The van der Waals surface area contributed by atoms with Crippen LogP contribution in [0.4, 0.5) is 0 Å². The average Bonchev–Trinajstić information content (AvgIpc) is 3.33. The van der Waals surface area contributed by atoms with Crippen molar-refractivity contribution < 1.29 is 19.6 Å². The Hall–Kier alpha value is -4.51. The number of carbonyl (C=O) groups is 1. The second kappa shape index (κ2) is 12.0. The van der Waals surface area contributed by atoms with Gasteiger partial charge in [-0.1, -0.05) is 60.1 Å². The number of aliphatic imine (C=N–C) groups is 1. The summed E-state index contributed by atoms with van der Waals surface area (Å²) in [4.78, 5) is 18.4. The summed E-state index contributed by atoms with van der Waals surface area (Å²) in [6.45, 7) is 2.30. The Morgan fingerprint density at radius 3 is 2.56 bits per heavy atom. The van der Waals surface area contributed by atoms with Gasteiger partial charge in [-0.05, 0) is 65.5 Å². The van der Waals surface area contributed by atoms with Gasteiger partial charge in [-0.2, -0.15) is 0 Å². The molecule has 0 saturated heterocycles. The summed E-state index contributed by atoms with van der Waals surface area (Å²) >= 11 is 6.19. The summed E-state index contributed by atoms with van der Waals surface area (Å²) in [5, 5.41) is 33.4. The van der Waals surface area contributed by atoms with Crippen LogP contribution in [0.25, 0.3) is 16.5 Å². The Balaban J connectivity index is 1.26. The largest absolute Gasteiger partial charge is 0.497 e. The van der Waals surface area contributed by atoms with E-state index in [1.54, 1.807) is 19.2 Å². The predicted molar refractivity (Wildman–Crippen MR) is 168 cm³/mol. The van der Waals surface area contributed by atoms with E-state index >= 15 is 0 Å². The molecule has 43 heavy (non-hydrogen) atoms. The van der Waals surface area contributed by atoms with E-state index in [1.165, 1.54) is 0 Å². The number of carbonyl (C=O) groups excluding carboxylic acids is 1. The van der Waals surface area contributed by atoms with Crippen molar-refractivity contribution in [3.05, 3.63) is 112 Å². The third kappa shape index (κ3) is 5.90. The summed E-state index contributed by atoms with van der Waals surface area (Å²) in [7, 11) is 0.0954. The van der Waals surface area contributed by atoms with Crippen LogP contribution in [0.3, 0.4) is 0 Å². The van der Waals surface area contributed by atoms with Crippen LogP contribution in [0, 0.1) is 6.92 Å². The van der Waals surface area contributed by atoms with E-state index in [9.17, 15) is 14.8 Å². The van der Waals surface area contributed by atoms with E-state index in [0.29, 0.717) is 46.6 Å². The van der Waals surface area contributed by atoms with Gasteiger partial charge in [0.25, 0.3) is 0 Å². The first kappa shape index (κ1) is 28.6. The molecule has 1 aromatic heterocycles. The third-order valence-electron chi connectivity index (χ3n) is 7.59. The van der Waals surface area contributed by atoms with Crippen molar-refractivity contribution >= 4 is 46.6 Å². The molecule has 1 amide bonds. The molecule has 11 heteroatoms. The highest BCUT2D eigenvalue weighted by Gasteiger charge is 2.30. The molecule has 0 radical (unpaired) electrons. The third-order valence-corrected chi connectivity index (χ3v) is 7.84. The van der Waals surface area contributed by atoms with Crippen molar-refractivity contribution in [3.8, 4) is 11.4 Å². The predicted octanol–water partition coefficient (Wildman–Crippen LogP) is 3.71. The topological polar surface area (TPSA) is 122 Å². The minimum atomic E-state index is -1.52. The zero-order chi connectivity index (χ0) is 30.1. The molecule has 0 aliphatic carbocycles.